The molecule has 3 aromatic heterocycles. The first-order chi connectivity index (χ1) is 27.2. The lowest BCUT2D eigenvalue weighted by atomic mass is 9.99. The molecule has 11 aromatic rings. The third-order valence-corrected chi connectivity index (χ3v) is 11.1. The van der Waals surface area contributed by atoms with E-state index in [-0.39, 0.29) is 0 Å². The number of fused-ring (bicyclic) bond motifs is 9. The first-order valence-corrected chi connectivity index (χ1v) is 18.3. The lowest BCUT2D eigenvalue weighted by Gasteiger charge is -2.19. The topological polar surface area (TPSA) is 62.4 Å². The summed E-state index contributed by atoms with van der Waals surface area (Å²) in [7, 11) is 0. The van der Waals surface area contributed by atoms with Gasteiger partial charge in [-0.3, -0.25) is 0 Å². The van der Waals surface area contributed by atoms with Crippen LogP contribution in [0.3, 0.4) is 0 Å². The number of para-hydroxylation sites is 6. The normalized spacial score (nSPS) is 11.6. The van der Waals surface area contributed by atoms with Crippen LogP contribution in [0, 0.1) is 22.7 Å². The first-order valence-electron chi connectivity index (χ1n) is 18.3. The van der Waals surface area contributed by atoms with Crippen molar-refractivity contribution in [2.24, 2.45) is 0 Å². The van der Waals surface area contributed by atoms with E-state index in [2.05, 4.69) is 165 Å². The fraction of sp³-hybridized carbons (Fsp3) is 0. The molecule has 0 saturated heterocycles. The second kappa shape index (κ2) is 11.8. The second-order valence-electron chi connectivity index (χ2n) is 14.0. The molecule has 0 amide bonds. The molecule has 8 aromatic carbocycles. The van der Waals surface area contributed by atoms with E-state index in [1.54, 1.807) is 0 Å². The Kier molecular flexibility index (Phi) is 6.61. The lowest BCUT2D eigenvalue weighted by molar-refractivity contribution is 1.15. The summed E-state index contributed by atoms with van der Waals surface area (Å²) in [5.74, 6) is 0. The average molecular weight is 700 g/mol. The third kappa shape index (κ3) is 4.39. The van der Waals surface area contributed by atoms with Crippen LogP contribution in [0.25, 0.3) is 93.6 Å². The van der Waals surface area contributed by atoms with Crippen molar-refractivity contribution in [1.82, 2.24) is 13.7 Å². The second-order valence-corrected chi connectivity index (χ2v) is 14.0. The highest BCUT2D eigenvalue weighted by molar-refractivity contribution is 6.14. The zero-order valence-electron chi connectivity index (χ0n) is 29.5. The SMILES string of the molecule is N#Cc1ccc(-c2ccccc2-n2c3ccccc3c3cc(-n4c5ccccc5c5ccccc54)ccc32)c(-n2c3ccccc3c3cccc(C#N)c32)c1. The minimum absolute atomic E-state index is 0.547. The highest BCUT2D eigenvalue weighted by atomic mass is 15.0. The smallest absolute Gasteiger partial charge is 0.101 e. The van der Waals surface area contributed by atoms with Crippen LogP contribution >= 0.6 is 0 Å². The number of benzene rings is 8. The van der Waals surface area contributed by atoms with Gasteiger partial charge in [0.2, 0.25) is 0 Å². The molecule has 0 fully saturated rings. The molecule has 254 valence electrons. The average Bonchev–Trinajstić information content (AvgIpc) is 3.89. The van der Waals surface area contributed by atoms with Crippen molar-refractivity contribution in [2.75, 3.05) is 0 Å². The lowest BCUT2D eigenvalue weighted by Crippen LogP contribution is -2.02. The van der Waals surface area contributed by atoms with Gasteiger partial charge in [0, 0.05) is 49.1 Å². The van der Waals surface area contributed by atoms with Crippen LogP contribution in [0.4, 0.5) is 0 Å². The molecule has 5 nitrogen and oxygen atoms in total. The van der Waals surface area contributed by atoms with Crippen LogP contribution in [-0.2, 0) is 0 Å². The number of rotatable bonds is 4. The Balaban J connectivity index is 1.19. The molecule has 0 N–H and O–H groups in total. The Labute approximate surface area is 316 Å². The van der Waals surface area contributed by atoms with Crippen molar-refractivity contribution < 1.29 is 0 Å². The Morgan fingerprint density at radius 1 is 0.345 bits per heavy atom. The van der Waals surface area contributed by atoms with Gasteiger partial charge in [-0.2, -0.15) is 10.5 Å². The summed E-state index contributed by atoms with van der Waals surface area (Å²) in [5, 5.41) is 27.4. The van der Waals surface area contributed by atoms with E-state index in [9.17, 15) is 10.5 Å². The highest BCUT2D eigenvalue weighted by Crippen LogP contribution is 2.42. The van der Waals surface area contributed by atoms with Gasteiger partial charge in [-0.05, 0) is 66.7 Å². The number of hydrogen-bond donors (Lipinski definition) is 0. The largest absolute Gasteiger partial charge is 0.309 e. The number of aromatic nitrogens is 3. The fourth-order valence-corrected chi connectivity index (χ4v) is 8.83. The fourth-order valence-electron chi connectivity index (χ4n) is 8.83. The summed E-state index contributed by atoms with van der Waals surface area (Å²) in [5.41, 5.74) is 12.4. The molecule has 11 rings (SSSR count). The molecule has 0 atom stereocenters. The van der Waals surface area contributed by atoms with Crippen LogP contribution in [-0.4, -0.2) is 13.7 Å². The van der Waals surface area contributed by atoms with E-state index < -0.39 is 0 Å². The molecule has 0 bridgehead atoms. The van der Waals surface area contributed by atoms with Gasteiger partial charge in [0.1, 0.15) is 6.07 Å². The number of nitrogens with zero attached hydrogens (tertiary/aromatic N) is 5. The highest BCUT2D eigenvalue weighted by Gasteiger charge is 2.22. The van der Waals surface area contributed by atoms with Gasteiger partial charge in [0.05, 0.1) is 61.7 Å². The summed E-state index contributed by atoms with van der Waals surface area (Å²) in [6, 6.07) is 66.0. The third-order valence-electron chi connectivity index (χ3n) is 11.1. The van der Waals surface area contributed by atoms with E-state index in [1.807, 2.05) is 36.4 Å². The quantitative estimate of drug-likeness (QED) is 0.184. The monoisotopic (exact) mass is 699 g/mol. The van der Waals surface area contributed by atoms with Crippen molar-refractivity contribution in [3.63, 3.8) is 0 Å². The van der Waals surface area contributed by atoms with E-state index in [0.29, 0.717) is 11.1 Å². The van der Waals surface area contributed by atoms with Gasteiger partial charge in [0.15, 0.2) is 0 Å². The van der Waals surface area contributed by atoms with E-state index >= 15 is 0 Å². The van der Waals surface area contributed by atoms with Crippen molar-refractivity contribution >= 4 is 65.4 Å². The van der Waals surface area contributed by atoms with Crippen LogP contribution in [0.2, 0.25) is 0 Å². The van der Waals surface area contributed by atoms with Gasteiger partial charge in [-0.1, -0.05) is 109 Å². The summed E-state index contributed by atoms with van der Waals surface area (Å²) < 4.78 is 6.90. The van der Waals surface area contributed by atoms with Gasteiger partial charge in [-0.25, -0.2) is 0 Å². The molecule has 0 radical (unpaired) electrons. The predicted molar refractivity (Wildman–Crippen MR) is 224 cm³/mol. The standard InChI is InChI=1S/C50H29N5/c51-30-32-24-26-40(49(28-32)55-47-23-10-4-16-38(47)41-18-11-12-33(31-52)50(41)55)37-15-3-8-21-45(37)54-46-22-9-5-17-39(46)42-29-34(25-27-48(42)54)53-43-19-6-1-13-35(43)36-14-2-7-20-44(36)53/h1-29H. The Hall–Kier alpha value is -7.86. The molecule has 0 aliphatic carbocycles. The van der Waals surface area contributed by atoms with Crippen molar-refractivity contribution in [2.45, 2.75) is 0 Å². The molecule has 0 aliphatic heterocycles. The molecule has 3 heterocycles. The van der Waals surface area contributed by atoms with Crippen LogP contribution in [0.15, 0.2) is 176 Å². The van der Waals surface area contributed by atoms with E-state index in [0.717, 1.165) is 71.8 Å². The van der Waals surface area contributed by atoms with Crippen LogP contribution in [0.1, 0.15) is 11.1 Å². The molecule has 0 unspecified atom stereocenters. The summed E-state index contributed by atoms with van der Waals surface area (Å²) >= 11 is 0. The van der Waals surface area contributed by atoms with Crippen LogP contribution in [0.5, 0.6) is 0 Å². The van der Waals surface area contributed by atoms with Gasteiger partial charge in [-0.15, -0.1) is 0 Å². The maximum atomic E-state index is 10.4. The summed E-state index contributed by atoms with van der Waals surface area (Å²) in [4.78, 5) is 0. The minimum atomic E-state index is 0.547. The molecule has 5 heteroatoms. The zero-order valence-corrected chi connectivity index (χ0v) is 29.5. The van der Waals surface area contributed by atoms with E-state index in [1.165, 1.54) is 21.8 Å². The minimum Gasteiger partial charge on any atom is -0.309 e. The summed E-state index contributed by atoms with van der Waals surface area (Å²) in [6.07, 6.45) is 0. The Morgan fingerprint density at radius 3 is 1.55 bits per heavy atom. The van der Waals surface area contributed by atoms with E-state index in [4.69, 9.17) is 0 Å². The predicted octanol–water partition coefficient (Wildman–Crippen LogP) is 12.4. The van der Waals surface area contributed by atoms with Crippen molar-refractivity contribution in [3.05, 3.63) is 187 Å². The molecule has 0 spiro atoms. The van der Waals surface area contributed by atoms with Crippen molar-refractivity contribution in [3.8, 4) is 40.3 Å². The van der Waals surface area contributed by atoms with Crippen molar-refractivity contribution in [1.29, 1.82) is 10.5 Å². The Bertz CT molecular complexity index is 3420. The molecular weight excluding hydrogens is 671 g/mol. The maximum absolute atomic E-state index is 10.4. The Morgan fingerprint density at radius 2 is 0.873 bits per heavy atom. The van der Waals surface area contributed by atoms with Crippen LogP contribution < -0.4 is 0 Å². The van der Waals surface area contributed by atoms with Gasteiger partial charge < -0.3 is 13.7 Å². The molecule has 0 aliphatic rings. The molecule has 55 heavy (non-hydrogen) atoms. The molecular formula is C50H29N5. The first kappa shape index (κ1) is 30.7. The molecule has 0 saturated carbocycles. The zero-order chi connectivity index (χ0) is 36.6. The summed E-state index contributed by atoms with van der Waals surface area (Å²) in [6.45, 7) is 0. The maximum Gasteiger partial charge on any atom is 0.101 e. The number of nitriles is 2. The van der Waals surface area contributed by atoms with Gasteiger partial charge in [0.25, 0.3) is 0 Å². The number of hydrogen-bond acceptors (Lipinski definition) is 2. The van der Waals surface area contributed by atoms with Gasteiger partial charge >= 0.3 is 0 Å².